The van der Waals surface area contributed by atoms with E-state index < -0.39 is 10.0 Å². The molecule has 0 aliphatic heterocycles. The molecule has 0 fully saturated rings. The molecular formula is C16H22N2O2S. The van der Waals surface area contributed by atoms with E-state index in [1.165, 1.54) is 4.31 Å². The van der Waals surface area contributed by atoms with Crippen molar-refractivity contribution in [2.24, 2.45) is 0 Å². The largest absolute Gasteiger partial charge is 0.309 e. The first kappa shape index (κ1) is 15.9. The van der Waals surface area contributed by atoms with Crippen molar-refractivity contribution in [3.8, 4) is 0 Å². The second-order valence-electron chi connectivity index (χ2n) is 5.49. The molecule has 0 heterocycles. The summed E-state index contributed by atoms with van der Waals surface area (Å²) < 4.78 is 26.6. The van der Waals surface area contributed by atoms with Crippen LogP contribution in [0.2, 0.25) is 0 Å². The van der Waals surface area contributed by atoms with Crippen molar-refractivity contribution in [3.05, 3.63) is 42.5 Å². The molecule has 2 rings (SSSR count). The second-order valence-corrected chi connectivity index (χ2v) is 7.54. The molecule has 0 aromatic heterocycles. The second kappa shape index (κ2) is 6.56. The van der Waals surface area contributed by atoms with Crippen molar-refractivity contribution in [1.29, 1.82) is 0 Å². The van der Waals surface area contributed by atoms with Gasteiger partial charge in [-0.15, -0.1) is 0 Å². The van der Waals surface area contributed by atoms with Gasteiger partial charge in [-0.25, -0.2) is 12.7 Å². The van der Waals surface area contributed by atoms with E-state index in [0.717, 1.165) is 23.7 Å². The zero-order valence-corrected chi connectivity index (χ0v) is 13.6. The van der Waals surface area contributed by atoms with Gasteiger partial charge >= 0.3 is 0 Å². The summed E-state index contributed by atoms with van der Waals surface area (Å²) in [5, 5.41) is 1.99. The lowest BCUT2D eigenvalue weighted by Gasteiger charge is -2.18. The smallest absolute Gasteiger partial charge is 0.242 e. The molecule has 21 heavy (non-hydrogen) atoms. The predicted octanol–water partition coefficient (Wildman–Crippen LogP) is 2.41. The number of hydrogen-bond acceptors (Lipinski definition) is 3. The Morgan fingerprint density at radius 3 is 2.24 bits per heavy atom. The van der Waals surface area contributed by atoms with Crippen LogP contribution in [0.3, 0.4) is 0 Å². The van der Waals surface area contributed by atoms with Gasteiger partial charge in [0.15, 0.2) is 0 Å². The SMILES string of the molecule is CN(C)CCCN(C)S(=O)(=O)c1ccc2ccccc2c1. The average Bonchev–Trinajstić information content (AvgIpc) is 2.46. The molecule has 0 spiro atoms. The minimum absolute atomic E-state index is 0.355. The fourth-order valence-corrected chi connectivity index (χ4v) is 3.48. The molecule has 0 N–H and O–H groups in total. The number of benzene rings is 2. The Hall–Kier alpha value is -1.43. The highest BCUT2D eigenvalue weighted by Gasteiger charge is 2.20. The summed E-state index contributed by atoms with van der Waals surface area (Å²) in [5.74, 6) is 0. The molecule has 0 bridgehead atoms. The van der Waals surface area contributed by atoms with Crippen LogP contribution >= 0.6 is 0 Å². The Bertz CT molecular complexity index is 711. The summed E-state index contributed by atoms with van der Waals surface area (Å²) in [6.07, 6.45) is 0.816. The van der Waals surface area contributed by atoms with Crippen molar-refractivity contribution >= 4 is 20.8 Å². The third kappa shape index (κ3) is 3.81. The van der Waals surface area contributed by atoms with Crippen LogP contribution in [0.1, 0.15) is 6.42 Å². The summed E-state index contributed by atoms with van der Waals surface area (Å²) in [4.78, 5) is 2.41. The first-order valence-corrected chi connectivity index (χ1v) is 8.45. The number of nitrogens with zero attached hydrogens (tertiary/aromatic N) is 2. The van der Waals surface area contributed by atoms with Crippen LogP contribution in [-0.4, -0.2) is 51.9 Å². The monoisotopic (exact) mass is 306 g/mol. The minimum atomic E-state index is -3.41. The van der Waals surface area contributed by atoms with E-state index in [9.17, 15) is 8.42 Å². The van der Waals surface area contributed by atoms with Crippen molar-refractivity contribution in [1.82, 2.24) is 9.21 Å². The number of fused-ring (bicyclic) bond motifs is 1. The van der Waals surface area contributed by atoms with Gasteiger partial charge in [-0.2, -0.15) is 0 Å². The molecule has 0 unspecified atom stereocenters. The van der Waals surface area contributed by atoms with E-state index in [-0.39, 0.29) is 0 Å². The fraction of sp³-hybridized carbons (Fsp3) is 0.375. The van der Waals surface area contributed by atoms with Crippen LogP contribution in [0, 0.1) is 0 Å². The van der Waals surface area contributed by atoms with Crippen LogP contribution in [-0.2, 0) is 10.0 Å². The van der Waals surface area contributed by atoms with Gasteiger partial charge in [-0.05, 0) is 50.0 Å². The number of hydrogen-bond donors (Lipinski definition) is 0. The van der Waals surface area contributed by atoms with Crippen molar-refractivity contribution in [3.63, 3.8) is 0 Å². The maximum absolute atomic E-state index is 12.6. The van der Waals surface area contributed by atoms with Gasteiger partial charge in [0, 0.05) is 13.6 Å². The lowest BCUT2D eigenvalue weighted by atomic mass is 10.1. The normalized spacial score (nSPS) is 12.4. The Morgan fingerprint density at radius 1 is 0.905 bits per heavy atom. The third-order valence-corrected chi connectivity index (χ3v) is 5.36. The maximum atomic E-state index is 12.6. The molecule has 114 valence electrons. The summed E-state index contributed by atoms with van der Waals surface area (Å²) in [7, 11) is 2.19. The summed E-state index contributed by atoms with van der Waals surface area (Å²) in [6.45, 7) is 1.39. The van der Waals surface area contributed by atoms with Crippen LogP contribution in [0.15, 0.2) is 47.4 Å². The molecule has 0 radical (unpaired) electrons. The third-order valence-electron chi connectivity index (χ3n) is 3.51. The van der Waals surface area contributed by atoms with Crippen molar-refractivity contribution < 1.29 is 8.42 Å². The predicted molar refractivity (Wildman–Crippen MR) is 86.9 cm³/mol. The molecule has 0 saturated heterocycles. The van der Waals surface area contributed by atoms with E-state index >= 15 is 0 Å². The van der Waals surface area contributed by atoms with Gasteiger partial charge in [0.05, 0.1) is 4.90 Å². The van der Waals surface area contributed by atoms with E-state index in [1.54, 1.807) is 19.2 Å². The molecule has 0 aliphatic carbocycles. The molecular weight excluding hydrogens is 284 g/mol. The topological polar surface area (TPSA) is 40.6 Å². The Kier molecular flexibility index (Phi) is 4.98. The van der Waals surface area contributed by atoms with Gasteiger partial charge in [0.25, 0.3) is 0 Å². The van der Waals surface area contributed by atoms with E-state index in [4.69, 9.17) is 0 Å². The van der Waals surface area contributed by atoms with Crippen LogP contribution in [0.5, 0.6) is 0 Å². The Morgan fingerprint density at radius 2 is 1.57 bits per heavy atom. The first-order valence-electron chi connectivity index (χ1n) is 7.01. The summed E-state index contributed by atoms with van der Waals surface area (Å²) >= 11 is 0. The van der Waals surface area contributed by atoms with Gasteiger partial charge in [-0.3, -0.25) is 0 Å². The maximum Gasteiger partial charge on any atom is 0.242 e. The molecule has 0 amide bonds. The highest BCUT2D eigenvalue weighted by atomic mass is 32.2. The fourth-order valence-electron chi connectivity index (χ4n) is 2.24. The van der Waals surface area contributed by atoms with E-state index in [1.807, 2.05) is 44.4 Å². The lowest BCUT2D eigenvalue weighted by Crippen LogP contribution is -2.29. The molecule has 2 aromatic rings. The van der Waals surface area contributed by atoms with Gasteiger partial charge in [0.1, 0.15) is 0 Å². The molecule has 4 nitrogen and oxygen atoms in total. The molecule has 5 heteroatoms. The minimum Gasteiger partial charge on any atom is -0.309 e. The molecule has 2 aromatic carbocycles. The lowest BCUT2D eigenvalue weighted by molar-refractivity contribution is 0.370. The Balaban J connectivity index is 2.20. The molecule has 0 atom stereocenters. The number of rotatable bonds is 6. The van der Waals surface area contributed by atoms with Gasteiger partial charge < -0.3 is 4.90 Å². The zero-order chi connectivity index (χ0) is 15.5. The molecule has 0 saturated carbocycles. The summed E-state index contributed by atoms with van der Waals surface area (Å²) in [6, 6.07) is 13.1. The standard InChI is InChI=1S/C16H22N2O2S/c1-17(2)11-6-12-18(3)21(19,20)16-10-9-14-7-4-5-8-15(14)13-16/h4-5,7-10,13H,6,11-12H2,1-3H3. The van der Waals surface area contributed by atoms with Crippen molar-refractivity contribution in [2.75, 3.05) is 34.2 Å². The Labute approximate surface area is 127 Å². The van der Waals surface area contributed by atoms with Crippen LogP contribution in [0.25, 0.3) is 10.8 Å². The number of sulfonamides is 1. The highest BCUT2D eigenvalue weighted by Crippen LogP contribution is 2.21. The summed E-state index contributed by atoms with van der Waals surface area (Å²) in [5.41, 5.74) is 0. The first-order chi connectivity index (χ1) is 9.91. The molecule has 0 aliphatic rings. The quantitative estimate of drug-likeness (QED) is 0.823. The van der Waals surface area contributed by atoms with Crippen LogP contribution in [0.4, 0.5) is 0 Å². The zero-order valence-electron chi connectivity index (χ0n) is 12.8. The van der Waals surface area contributed by atoms with Gasteiger partial charge in [0.2, 0.25) is 10.0 Å². The van der Waals surface area contributed by atoms with Gasteiger partial charge in [-0.1, -0.05) is 30.3 Å². The van der Waals surface area contributed by atoms with Crippen molar-refractivity contribution in [2.45, 2.75) is 11.3 Å². The highest BCUT2D eigenvalue weighted by molar-refractivity contribution is 7.89. The van der Waals surface area contributed by atoms with E-state index in [2.05, 4.69) is 4.90 Å². The van der Waals surface area contributed by atoms with Crippen LogP contribution < -0.4 is 0 Å². The average molecular weight is 306 g/mol. The van der Waals surface area contributed by atoms with E-state index in [0.29, 0.717) is 11.4 Å².